The first-order chi connectivity index (χ1) is 14.9. The molecule has 0 aliphatic carbocycles. The number of amides is 1. The molecular weight excluding hydrogens is 417 g/mol. The first kappa shape index (κ1) is 20.6. The molecule has 3 aromatic rings. The number of hydrogen-bond acceptors (Lipinski definition) is 4. The van der Waals surface area contributed by atoms with Gasteiger partial charge < -0.3 is 5.32 Å². The van der Waals surface area contributed by atoms with Gasteiger partial charge in [0.25, 0.3) is 5.91 Å². The summed E-state index contributed by atoms with van der Waals surface area (Å²) < 4.78 is 27.8. The van der Waals surface area contributed by atoms with Crippen LogP contribution in [0.15, 0.2) is 71.9 Å². The Morgan fingerprint density at radius 1 is 1.16 bits per heavy atom. The molecule has 6 nitrogen and oxygen atoms in total. The van der Waals surface area contributed by atoms with Crippen LogP contribution >= 0.6 is 0 Å². The number of rotatable bonds is 4. The molecule has 0 saturated heterocycles. The van der Waals surface area contributed by atoms with Gasteiger partial charge in [0.05, 0.1) is 5.69 Å². The van der Waals surface area contributed by atoms with E-state index < -0.39 is 22.6 Å². The van der Waals surface area contributed by atoms with E-state index in [1.54, 1.807) is 49.8 Å². The van der Waals surface area contributed by atoms with Gasteiger partial charge in [-0.25, -0.2) is 8.60 Å². The number of allylic oxidation sites excluding steroid dienone is 1. The molecule has 8 heteroatoms. The number of nitrogens with zero attached hydrogens (tertiary/aromatic N) is 2. The molecule has 1 aliphatic heterocycles. The minimum atomic E-state index is -1.75. The van der Waals surface area contributed by atoms with Crippen LogP contribution in [-0.4, -0.2) is 27.9 Å². The second-order valence-electron chi connectivity index (χ2n) is 6.91. The lowest BCUT2D eigenvalue weighted by atomic mass is 10.0. The monoisotopic (exact) mass is 435 g/mol. The second-order valence-corrected chi connectivity index (χ2v) is 8.40. The van der Waals surface area contributed by atoms with Crippen LogP contribution in [0.5, 0.6) is 0 Å². The molecule has 1 atom stereocenters. The molecule has 2 heterocycles. The summed E-state index contributed by atoms with van der Waals surface area (Å²) in [6, 6.07) is 14.0. The quantitative estimate of drug-likeness (QED) is 0.637. The van der Waals surface area contributed by atoms with Crippen molar-refractivity contribution >= 4 is 34.4 Å². The zero-order valence-corrected chi connectivity index (χ0v) is 17.4. The normalized spacial score (nSPS) is 16.8. The predicted molar refractivity (Wildman–Crippen MR) is 117 cm³/mol. The van der Waals surface area contributed by atoms with E-state index in [4.69, 9.17) is 0 Å². The summed E-state index contributed by atoms with van der Waals surface area (Å²) in [6.07, 6.45) is 4.69. The van der Waals surface area contributed by atoms with Gasteiger partial charge in [0, 0.05) is 37.1 Å². The number of carbonyl (C=O) groups excluding carboxylic acids is 2. The summed E-state index contributed by atoms with van der Waals surface area (Å²) >= 11 is 0. The van der Waals surface area contributed by atoms with E-state index in [1.165, 1.54) is 34.6 Å². The summed E-state index contributed by atoms with van der Waals surface area (Å²) in [5.41, 5.74) is 2.37. The zero-order chi connectivity index (χ0) is 22.0. The van der Waals surface area contributed by atoms with E-state index in [2.05, 4.69) is 10.3 Å². The van der Waals surface area contributed by atoms with E-state index in [-0.39, 0.29) is 16.4 Å². The Morgan fingerprint density at radius 2 is 1.94 bits per heavy atom. The highest BCUT2D eigenvalue weighted by atomic mass is 32.2. The van der Waals surface area contributed by atoms with Crippen molar-refractivity contribution in [2.75, 3.05) is 11.4 Å². The summed E-state index contributed by atoms with van der Waals surface area (Å²) in [5.74, 6) is -1.25. The molecule has 2 aromatic carbocycles. The van der Waals surface area contributed by atoms with Gasteiger partial charge in [-0.3, -0.25) is 18.9 Å². The van der Waals surface area contributed by atoms with Crippen LogP contribution in [0.3, 0.4) is 0 Å². The summed E-state index contributed by atoms with van der Waals surface area (Å²) in [7, 11) is -0.150. The molecule has 1 unspecified atom stereocenters. The fraction of sp³-hybridized carbons (Fsp3) is 0.0870. The molecule has 1 aromatic heterocycles. The van der Waals surface area contributed by atoms with Crippen molar-refractivity contribution < 1.29 is 18.2 Å². The van der Waals surface area contributed by atoms with Gasteiger partial charge in [-0.15, -0.1) is 0 Å². The van der Waals surface area contributed by atoms with Gasteiger partial charge in [0.15, 0.2) is 11.0 Å². The van der Waals surface area contributed by atoms with Gasteiger partial charge in [-0.05, 0) is 59.7 Å². The molecule has 0 fully saturated rings. The number of hydrogen-bond donors (Lipinski definition) is 1. The Balaban J connectivity index is 1.63. The molecule has 31 heavy (non-hydrogen) atoms. The molecule has 1 amide bonds. The number of Topliss-reactive ketones (excluding diaryl/α,β-unsaturated/α-hetero) is 1. The molecule has 0 bridgehead atoms. The van der Waals surface area contributed by atoms with Gasteiger partial charge in [0.2, 0.25) is 5.78 Å². The maximum atomic E-state index is 13.5. The highest BCUT2D eigenvalue weighted by molar-refractivity contribution is 7.91. The third-order valence-electron chi connectivity index (χ3n) is 4.85. The van der Waals surface area contributed by atoms with Crippen LogP contribution < -0.4 is 9.62 Å². The predicted octanol–water partition coefficient (Wildman–Crippen LogP) is 3.49. The zero-order valence-electron chi connectivity index (χ0n) is 16.5. The van der Waals surface area contributed by atoms with Gasteiger partial charge >= 0.3 is 0 Å². The fourth-order valence-electron chi connectivity index (χ4n) is 3.23. The number of halogens is 1. The smallest absolute Gasteiger partial charge is 0.251 e. The van der Waals surface area contributed by atoms with Crippen molar-refractivity contribution in [3.8, 4) is 0 Å². The van der Waals surface area contributed by atoms with E-state index in [9.17, 15) is 18.2 Å². The molecule has 4 rings (SSSR count). The Labute approximate surface area is 181 Å². The number of ketones is 1. The molecule has 156 valence electrons. The van der Waals surface area contributed by atoms with Crippen molar-refractivity contribution in [1.82, 2.24) is 10.3 Å². The SMILES string of the molecule is CN1c2ccc(C(=O)NCc3ccncc3)cc2C(=O)/C(=C/c2cccc(F)c2)S1=O. The number of fused-ring (bicyclic) bond motifs is 1. The highest BCUT2D eigenvalue weighted by Crippen LogP contribution is 2.33. The van der Waals surface area contributed by atoms with Crippen LogP contribution in [0.2, 0.25) is 0 Å². The van der Waals surface area contributed by atoms with E-state index in [0.29, 0.717) is 23.4 Å². The third kappa shape index (κ3) is 4.29. The number of pyridine rings is 1. The lowest BCUT2D eigenvalue weighted by Gasteiger charge is -2.27. The minimum Gasteiger partial charge on any atom is -0.348 e. The number of benzene rings is 2. The first-order valence-electron chi connectivity index (χ1n) is 9.43. The highest BCUT2D eigenvalue weighted by Gasteiger charge is 2.32. The molecule has 1 aliphatic rings. The average Bonchev–Trinajstić information content (AvgIpc) is 2.79. The topological polar surface area (TPSA) is 79.4 Å². The first-order valence-corrected chi connectivity index (χ1v) is 10.5. The van der Waals surface area contributed by atoms with Crippen molar-refractivity contribution in [3.63, 3.8) is 0 Å². The molecule has 0 radical (unpaired) electrons. The van der Waals surface area contributed by atoms with Crippen molar-refractivity contribution in [2.24, 2.45) is 0 Å². The van der Waals surface area contributed by atoms with Crippen LogP contribution in [0.4, 0.5) is 10.1 Å². The largest absolute Gasteiger partial charge is 0.348 e. The van der Waals surface area contributed by atoms with E-state index in [0.717, 1.165) is 5.56 Å². The molecule has 0 spiro atoms. The third-order valence-corrected chi connectivity index (χ3v) is 6.23. The lowest BCUT2D eigenvalue weighted by molar-refractivity contribution is 0.0951. The van der Waals surface area contributed by atoms with Gasteiger partial charge in [-0.1, -0.05) is 12.1 Å². The lowest BCUT2D eigenvalue weighted by Crippen LogP contribution is -2.32. The van der Waals surface area contributed by atoms with E-state index >= 15 is 0 Å². The van der Waals surface area contributed by atoms with Crippen molar-refractivity contribution in [1.29, 1.82) is 0 Å². The van der Waals surface area contributed by atoms with Crippen molar-refractivity contribution in [2.45, 2.75) is 6.54 Å². The molecule has 0 saturated carbocycles. The number of nitrogens with one attached hydrogen (secondary N) is 1. The molecule has 1 N–H and O–H groups in total. The summed E-state index contributed by atoms with van der Waals surface area (Å²) in [6.45, 7) is 0.320. The van der Waals surface area contributed by atoms with Crippen LogP contribution in [0, 0.1) is 5.82 Å². The van der Waals surface area contributed by atoms with Crippen LogP contribution in [-0.2, 0) is 17.5 Å². The van der Waals surface area contributed by atoms with Crippen molar-refractivity contribution in [3.05, 3.63) is 100.0 Å². The molecular formula is C23H18FN3O3S. The Bertz CT molecular complexity index is 1230. The Kier molecular flexibility index (Phi) is 5.73. The Morgan fingerprint density at radius 3 is 2.68 bits per heavy atom. The van der Waals surface area contributed by atoms with E-state index in [1.807, 2.05) is 0 Å². The van der Waals surface area contributed by atoms with Crippen LogP contribution in [0.25, 0.3) is 6.08 Å². The van der Waals surface area contributed by atoms with Crippen LogP contribution in [0.1, 0.15) is 31.8 Å². The standard InChI is InChI=1S/C23H18FN3O3S/c1-27-20-6-5-17(23(29)26-14-15-7-9-25-10-8-15)13-19(20)22(28)21(31(27)30)12-16-3-2-4-18(24)11-16/h2-13H,14H2,1H3,(H,26,29)/b21-12-. The maximum Gasteiger partial charge on any atom is 0.251 e. The summed E-state index contributed by atoms with van der Waals surface area (Å²) in [4.78, 5) is 29.7. The minimum absolute atomic E-state index is 0.0231. The fourth-order valence-corrected chi connectivity index (χ4v) is 4.37. The average molecular weight is 435 g/mol. The number of carbonyl (C=O) groups is 2. The second kappa shape index (κ2) is 8.61. The summed E-state index contributed by atoms with van der Waals surface area (Å²) in [5, 5.41) is 2.81. The van der Waals surface area contributed by atoms with Gasteiger partial charge in [0.1, 0.15) is 10.7 Å². The number of aromatic nitrogens is 1. The number of anilines is 1. The maximum absolute atomic E-state index is 13.5. The Hall–Kier alpha value is -3.65. The van der Waals surface area contributed by atoms with Gasteiger partial charge in [-0.2, -0.15) is 0 Å².